The second kappa shape index (κ2) is 9.11. The zero-order chi connectivity index (χ0) is 19.3. The van der Waals surface area contributed by atoms with Gasteiger partial charge in [0.2, 0.25) is 12.3 Å². The molecule has 1 N–H and O–H groups in total. The maximum Gasteiger partial charge on any atom is 0.329 e. The number of carbonyl (C=O) groups excluding carboxylic acids is 3. The van der Waals surface area contributed by atoms with Gasteiger partial charge in [0.05, 0.1) is 4.87 Å². The van der Waals surface area contributed by atoms with Gasteiger partial charge in [-0.1, -0.05) is 26.7 Å². The molecular formula is C19H32N2O4S. The molecule has 2 rings (SSSR count). The van der Waals surface area contributed by atoms with Crippen molar-refractivity contribution in [2.45, 2.75) is 89.3 Å². The third kappa shape index (κ3) is 4.93. The summed E-state index contributed by atoms with van der Waals surface area (Å²) in [6.07, 6.45) is 6.61. The molecule has 2 amide bonds. The minimum absolute atomic E-state index is 0.0261. The van der Waals surface area contributed by atoms with E-state index in [1.807, 2.05) is 27.7 Å². The van der Waals surface area contributed by atoms with E-state index < -0.39 is 17.0 Å². The first-order chi connectivity index (χ1) is 12.3. The summed E-state index contributed by atoms with van der Waals surface area (Å²) in [5.41, 5.74) is 0. The lowest BCUT2D eigenvalue weighted by atomic mass is 9.96. The van der Waals surface area contributed by atoms with Crippen molar-refractivity contribution in [2.24, 2.45) is 5.92 Å². The molecule has 0 aromatic carbocycles. The average Bonchev–Trinajstić information content (AvgIpc) is 2.93. The van der Waals surface area contributed by atoms with Crippen LogP contribution in [-0.2, 0) is 19.1 Å². The first-order valence-corrected chi connectivity index (χ1v) is 10.7. The molecular weight excluding hydrogens is 352 g/mol. The number of esters is 1. The Morgan fingerprint density at radius 3 is 2.54 bits per heavy atom. The number of hydrogen-bond donors (Lipinski definition) is 1. The van der Waals surface area contributed by atoms with Crippen LogP contribution in [0.15, 0.2) is 0 Å². The maximum absolute atomic E-state index is 12.8. The monoisotopic (exact) mass is 384 g/mol. The molecule has 1 heterocycles. The Kier molecular flexibility index (Phi) is 7.38. The first kappa shape index (κ1) is 21.1. The molecule has 0 aromatic heterocycles. The van der Waals surface area contributed by atoms with Crippen LogP contribution < -0.4 is 5.32 Å². The van der Waals surface area contributed by atoms with Gasteiger partial charge >= 0.3 is 5.97 Å². The van der Waals surface area contributed by atoms with Gasteiger partial charge in [0.15, 0.2) is 0 Å². The molecule has 1 saturated heterocycles. The molecule has 0 unspecified atom stereocenters. The third-order valence-electron chi connectivity index (χ3n) is 5.57. The van der Waals surface area contributed by atoms with Crippen LogP contribution in [0.3, 0.4) is 0 Å². The van der Waals surface area contributed by atoms with Crippen molar-refractivity contribution in [3.05, 3.63) is 0 Å². The predicted octanol–water partition coefficient (Wildman–Crippen LogP) is 2.70. The third-order valence-corrected chi connectivity index (χ3v) is 6.97. The Balaban J connectivity index is 2.03. The minimum Gasteiger partial charge on any atom is -0.461 e. The van der Waals surface area contributed by atoms with Crippen molar-refractivity contribution in [2.75, 3.05) is 5.75 Å². The lowest BCUT2D eigenvalue weighted by Gasteiger charge is -2.32. The van der Waals surface area contributed by atoms with Crippen molar-refractivity contribution in [1.29, 1.82) is 0 Å². The molecule has 2 fully saturated rings. The zero-order valence-corrected chi connectivity index (χ0v) is 17.1. The highest BCUT2D eigenvalue weighted by Gasteiger charge is 2.44. The lowest BCUT2D eigenvalue weighted by molar-refractivity contribution is -0.156. The number of nitrogens with one attached hydrogen (secondary N) is 1. The standard InChI is InChI=1S/C19H32N2O4S/c1-5-13(2)16(18(24)25-14-9-7-6-8-10-14)20-17(23)15-11-26-19(3,4)21(15)12-22/h12-16H,5-11H2,1-4H3,(H,20,23)/t13-,15+,16+/m1/s1. The fourth-order valence-electron chi connectivity index (χ4n) is 3.55. The summed E-state index contributed by atoms with van der Waals surface area (Å²) < 4.78 is 5.69. The summed E-state index contributed by atoms with van der Waals surface area (Å²) in [5.74, 6) is -0.118. The highest BCUT2D eigenvalue weighted by atomic mass is 32.2. The van der Waals surface area contributed by atoms with E-state index in [0.29, 0.717) is 5.75 Å². The van der Waals surface area contributed by atoms with Gasteiger partial charge in [-0.25, -0.2) is 4.79 Å². The normalized spacial score (nSPS) is 25.4. The zero-order valence-electron chi connectivity index (χ0n) is 16.3. The number of amides is 2. The summed E-state index contributed by atoms with van der Waals surface area (Å²) in [6.45, 7) is 7.77. The largest absolute Gasteiger partial charge is 0.461 e. The van der Waals surface area contributed by atoms with E-state index in [1.165, 1.54) is 11.3 Å². The van der Waals surface area contributed by atoms with Gasteiger partial charge in [-0.2, -0.15) is 0 Å². The van der Waals surface area contributed by atoms with Crippen molar-refractivity contribution in [3.63, 3.8) is 0 Å². The SMILES string of the molecule is CC[C@@H](C)[C@H](NC(=O)[C@@H]1CSC(C)(C)N1C=O)C(=O)OC1CCCCC1. The van der Waals surface area contributed by atoms with Crippen LogP contribution in [0.2, 0.25) is 0 Å². The maximum atomic E-state index is 12.8. The number of thioether (sulfide) groups is 1. The number of hydrogen-bond acceptors (Lipinski definition) is 5. The predicted molar refractivity (Wildman–Crippen MR) is 103 cm³/mol. The van der Waals surface area contributed by atoms with Crippen molar-refractivity contribution in [3.8, 4) is 0 Å². The second-order valence-corrected chi connectivity index (χ2v) is 9.48. The molecule has 1 aliphatic heterocycles. The Morgan fingerprint density at radius 2 is 1.96 bits per heavy atom. The van der Waals surface area contributed by atoms with Gasteiger partial charge in [-0.05, 0) is 45.4 Å². The molecule has 0 spiro atoms. The Labute approximate surface area is 160 Å². The summed E-state index contributed by atoms with van der Waals surface area (Å²) in [5, 5.41) is 2.87. The van der Waals surface area contributed by atoms with Gasteiger partial charge in [-0.15, -0.1) is 11.8 Å². The highest BCUT2D eigenvalue weighted by molar-refractivity contribution is 8.00. The van der Waals surface area contributed by atoms with E-state index in [4.69, 9.17) is 4.74 Å². The summed E-state index contributed by atoms with van der Waals surface area (Å²) in [4.78, 5) is 38.1. The smallest absolute Gasteiger partial charge is 0.329 e. The van der Waals surface area contributed by atoms with Gasteiger partial charge in [0, 0.05) is 5.75 Å². The van der Waals surface area contributed by atoms with Crippen LogP contribution >= 0.6 is 11.8 Å². The van der Waals surface area contributed by atoms with Crippen molar-refractivity contribution >= 4 is 30.0 Å². The van der Waals surface area contributed by atoms with Gasteiger partial charge in [0.1, 0.15) is 18.2 Å². The molecule has 148 valence electrons. The van der Waals surface area contributed by atoms with E-state index in [1.54, 1.807) is 11.8 Å². The summed E-state index contributed by atoms with van der Waals surface area (Å²) in [7, 11) is 0. The molecule has 6 nitrogen and oxygen atoms in total. The Hall–Kier alpha value is -1.24. The van der Waals surface area contributed by atoms with E-state index in [9.17, 15) is 14.4 Å². The number of nitrogens with zero attached hydrogens (tertiary/aromatic N) is 1. The minimum atomic E-state index is -0.670. The average molecular weight is 385 g/mol. The first-order valence-electron chi connectivity index (χ1n) is 9.68. The molecule has 7 heteroatoms. The molecule has 0 radical (unpaired) electrons. The fourth-order valence-corrected chi connectivity index (χ4v) is 4.75. The van der Waals surface area contributed by atoms with Gasteiger partial charge in [0.25, 0.3) is 0 Å². The van der Waals surface area contributed by atoms with Crippen molar-refractivity contribution in [1.82, 2.24) is 10.2 Å². The number of ether oxygens (including phenoxy) is 1. The molecule has 1 aliphatic carbocycles. The fraction of sp³-hybridized carbons (Fsp3) is 0.842. The quantitative estimate of drug-likeness (QED) is 0.539. The highest BCUT2D eigenvalue weighted by Crippen LogP contribution is 2.37. The molecule has 1 saturated carbocycles. The summed E-state index contributed by atoms with van der Waals surface area (Å²) in [6, 6.07) is -1.22. The molecule has 2 aliphatic rings. The van der Waals surface area contributed by atoms with E-state index in [-0.39, 0.29) is 23.9 Å². The lowest BCUT2D eigenvalue weighted by Crippen LogP contribution is -2.55. The Bertz CT molecular complexity index is 520. The van der Waals surface area contributed by atoms with Crippen LogP contribution in [0.5, 0.6) is 0 Å². The second-order valence-electron chi connectivity index (χ2n) is 7.85. The number of rotatable bonds is 7. The Morgan fingerprint density at radius 1 is 1.31 bits per heavy atom. The van der Waals surface area contributed by atoms with Crippen LogP contribution in [0, 0.1) is 5.92 Å². The topological polar surface area (TPSA) is 75.7 Å². The van der Waals surface area contributed by atoms with Gasteiger partial charge in [-0.3, -0.25) is 9.59 Å². The van der Waals surface area contributed by atoms with Gasteiger partial charge < -0.3 is 15.0 Å². The molecule has 0 bridgehead atoms. The molecule has 0 aromatic rings. The van der Waals surface area contributed by atoms with E-state index in [0.717, 1.165) is 38.5 Å². The summed E-state index contributed by atoms with van der Waals surface area (Å²) >= 11 is 1.56. The van der Waals surface area contributed by atoms with E-state index in [2.05, 4.69) is 5.32 Å². The van der Waals surface area contributed by atoms with Crippen LogP contribution in [-0.4, -0.2) is 52.0 Å². The molecule has 26 heavy (non-hydrogen) atoms. The van der Waals surface area contributed by atoms with Crippen LogP contribution in [0.4, 0.5) is 0 Å². The van der Waals surface area contributed by atoms with Crippen LogP contribution in [0.1, 0.15) is 66.2 Å². The molecule has 3 atom stereocenters. The van der Waals surface area contributed by atoms with Crippen molar-refractivity contribution < 1.29 is 19.1 Å². The van der Waals surface area contributed by atoms with Crippen LogP contribution in [0.25, 0.3) is 0 Å². The van der Waals surface area contributed by atoms with E-state index >= 15 is 0 Å². The number of carbonyl (C=O) groups is 3.